The van der Waals surface area contributed by atoms with E-state index in [1.807, 2.05) is 24.6 Å². The van der Waals surface area contributed by atoms with E-state index >= 15 is 0 Å². The van der Waals surface area contributed by atoms with Crippen LogP contribution in [0.2, 0.25) is 30.1 Å². The number of aromatic carboxylic acids is 3. The molecule has 3 aromatic rings. The summed E-state index contributed by atoms with van der Waals surface area (Å²) in [6, 6.07) is 13.4. The monoisotopic (exact) mass is 882 g/mol. The van der Waals surface area contributed by atoms with E-state index in [-0.39, 0.29) is 74.1 Å². The summed E-state index contributed by atoms with van der Waals surface area (Å²) >= 11 is 33.1. The molecule has 0 heterocycles. The molecule has 7 nitrogen and oxygen atoms in total. The first kappa shape index (κ1) is 39.8. The van der Waals surface area contributed by atoms with Crippen LogP contribution in [0.25, 0.3) is 0 Å². The van der Waals surface area contributed by atoms with Gasteiger partial charge in [0.2, 0.25) is 0 Å². The van der Waals surface area contributed by atoms with Crippen molar-refractivity contribution >= 4 is 115 Å². The van der Waals surface area contributed by atoms with E-state index in [2.05, 4.69) is 5.73 Å². The predicted octanol–water partition coefficient (Wildman–Crippen LogP) is 5.14. The van der Waals surface area contributed by atoms with Crippen LogP contribution in [0, 0.1) is 6.42 Å². The second-order valence-electron chi connectivity index (χ2n) is 7.09. The summed E-state index contributed by atoms with van der Waals surface area (Å²) in [6.07, 6.45) is 7.36. The molecule has 0 bridgehead atoms. The van der Waals surface area contributed by atoms with E-state index in [0.29, 0.717) is 0 Å². The first-order valence-electron chi connectivity index (χ1n) is 10.8. The largest absolute Gasteiger partial charge is 0.545 e. The number of halogens is 6. The van der Waals surface area contributed by atoms with Crippen LogP contribution >= 0.6 is 69.6 Å². The Morgan fingerprint density at radius 2 is 0.881 bits per heavy atom. The van der Waals surface area contributed by atoms with Crippen LogP contribution in [-0.4, -0.2) is 52.3 Å². The molecular formula is C28H16Cl6O7Pb-3. The quantitative estimate of drug-likeness (QED) is 0.263. The number of carbonyl (C=O) groups is 3. The van der Waals surface area contributed by atoms with Gasteiger partial charge < -0.3 is 34.4 Å². The second-order valence-corrected chi connectivity index (χ2v) is 9.54. The van der Waals surface area contributed by atoms with Crippen LogP contribution in [-0.2, 0) is 4.74 Å². The number of carbonyl (C=O) groups excluding carboxylic acids is 3. The molecule has 0 saturated carbocycles. The number of methoxy groups -OCH3 is 1. The zero-order valence-electron chi connectivity index (χ0n) is 21.1. The van der Waals surface area contributed by atoms with Crippen LogP contribution in [0.1, 0.15) is 31.1 Å². The zero-order chi connectivity index (χ0) is 31.1. The summed E-state index contributed by atoms with van der Waals surface area (Å²) in [6.45, 7) is 0. The standard InChI is InChI=1S/3C7H4Cl2O2.C7H7O.Pb/c3*8-4-2-1-3-5(9)6(4)7(10)11;1-8-7-5-3-2-4-6-7;/h3*1-3H,(H,10,11);3-6H,1H3;/p-3. The Kier molecular flexibility index (Phi) is 19.6. The van der Waals surface area contributed by atoms with Crippen molar-refractivity contribution in [1.29, 1.82) is 0 Å². The Morgan fingerprint density at radius 1 is 0.595 bits per heavy atom. The molecule has 42 heavy (non-hydrogen) atoms. The molecule has 0 amide bonds. The molecule has 1 aliphatic rings. The van der Waals surface area contributed by atoms with Crippen LogP contribution in [0.15, 0.2) is 84.3 Å². The SMILES string of the molecule is COC1=CC=C=C[CH]1.O=C([O-])c1c(Cl)cccc1Cl.O=C([O-])c1c(Cl)cccc1Cl.O=C([O-])c1c(Cl)cccc1Cl.[Pb]. The third kappa shape index (κ3) is 13.4. The van der Waals surface area contributed by atoms with Gasteiger partial charge in [-0.15, -0.1) is 5.73 Å². The topological polar surface area (TPSA) is 130 Å². The number of allylic oxidation sites excluding steroid dienone is 2. The van der Waals surface area contributed by atoms with Crippen molar-refractivity contribution in [3.63, 3.8) is 0 Å². The summed E-state index contributed by atoms with van der Waals surface area (Å²) in [5, 5.41) is 31.7. The number of carboxylic acids is 3. The molecule has 0 spiro atoms. The Labute approximate surface area is 291 Å². The fourth-order valence-electron chi connectivity index (χ4n) is 2.59. The van der Waals surface area contributed by atoms with Crippen molar-refractivity contribution in [1.82, 2.24) is 0 Å². The molecule has 0 aliphatic heterocycles. The number of benzene rings is 3. The Hall–Kier alpha value is -2.21. The Morgan fingerprint density at radius 3 is 1.02 bits per heavy atom. The van der Waals surface area contributed by atoms with Gasteiger partial charge in [0, 0.05) is 44.0 Å². The predicted molar refractivity (Wildman–Crippen MR) is 160 cm³/mol. The van der Waals surface area contributed by atoms with Gasteiger partial charge in [-0.2, -0.15) is 0 Å². The maximum Gasteiger partial charge on any atom is 0.105 e. The van der Waals surface area contributed by atoms with Gasteiger partial charge in [0.15, 0.2) is 0 Å². The van der Waals surface area contributed by atoms with Gasteiger partial charge in [-0.05, 0) is 54.6 Å². The number of hydrogen-bond donors (Lipinski definition) is 0. The van der Waals surface area contributed by atoms with Crippen LogP contribution in [0.5, 0.6) is 0 Å². The summed E-state index contributed by atoms with van der Waals surface area (Å²) in [7, 11) is 1.65. The molecule has 0 fully saturated rings. The van der Waals surface area contributed by atoms with Gasteiger partial charge in [-0.3, -0.25) is 0 Å². The molecule has 4 rings (SSSR count). The fraction of sp³-hybridized carbons (Fsp3) is 0.0357. The minimum atomic E-state index is -1.36. The molecule has 3 aromatic carbocycles. The van der Waals surface area contributed by atoms with E-state index in [1.54, 1.807) is 25.3 Å². The number of hydrogen-bond acceptors (Lipinski definition) is 7. The molecular weight excluding hydrogens is 868 g/mol. The Balaban J connectivity index is 0.000000533. The fourth-order valence-corrected chi connectivity index (χ4v) is 4.24. The first-order valence-corrected chi connectivity index (χ1v) is 13.0. The van der Waals surface area contributed by atoms with Crippen molar-refractivity contribution in [2.75, 3.05) is 7.11 Å². The van der Waals surface area contributed by atoms with E-state index in [1.165, 1.54) is 36.4 Å². The molecule has 0 N–H and O–H groups in total. The number of ether oxygens (including phenoxy) is 1. The van der Waals surface area contributed by atoms with Crippen LogP contribution < -0.4 is 15.3 Å². The van der Waals surface area contributed by atoms with Crippen molar-refractivity contribution in [2.45, 2.75) is 0 Å². The Bertz CT molecular complexity index is 1300. The third-order valence-corrected chi connectivity index (χ3v) is 6.31. The molecule has 0 aromatic heterocycles. The van der Waals surface area contributed by atoms with Gasteiger partial charge in [-0.1, -0.05) is 87.8 Å². The van der Waals surface area contributed by atoms with Crippen LogP contribution in [0.3, 0.4) is 0 Å². The minimum Gasteiger partial charge on any atom is -0.545 e. The molecule has 14 heteroatoms. The van der Waals surface area contributed by atoms with Gasteiger partial charge in [0.1, 0.15) is 5.76 Å². The van der Waals surface area contributed by atoms with Gasteiger partial charge in [0.05, 0.1) is 61.6 Å². The minimum absolute atomic E-state index is 0. The van der Waals surface area contributed by atoms with Gasteiger partial charge >= 0.3 is 0 Å². The molecule has 0 atom stereocenters. The smallest absolute Gasteiger partial charge is 0.105 e. The van der Waals surface area contributed by atoms with Gasteiger partial charge in [-0.25, -0.2) is 0 Å². The normalized spacial score (nSPS) is 10.6. The van der Waals surface area contributed by atoms with Crippen LogP contribution in [0.4, 0.5) is 0 Å². The van der Waals surface area contributed by atoms with Crippen molar-refractivity contribution in [3.05, 3.63) is 138 Å². The first-order chi connectivity index (χ1) is 19.3. The summed E-state index contributed by atoms with van der Waals surface area (Å²) in [5.74, 6) is -3.20. The number of rotatable bonds is 4. The van der Waals surface area contributed by atoms with Gasteiger partial charge in [0.25, 0.3) is 0 Å². The average Bonchev–Trinajstić information content (AvgIpc) is 2.89. The van der Waals surface area contributed by atoms with Crippen molar-refractivity contribution < 1.29 is 34.4 Å². The van der Waals surface area contributed by atoms with E-state index in [4.69, 9.17) is 74.3 Å². The summed E-state index contributed by atoms with van der Waals surface area (Å²) in [5.41, 5.74) is 2.42. The maximum atomic E-state index is 10.4. The number of carboxylic acid groups (broad SMARTS) is 3. The molecule has 5 radical (unpaired) electrons. The van der Waals surface area contributed by atoms with Crippen molar-refractivity contribution in [3.8, 4) is 0 Å². The molecule has 219 valence electrons. The zero-order valence-corrected chi connectivity index (χ0v) is 29.6. The summed E-state index contributed by atoms with van der Waals surface area (Å²) < 4.78 is 4.89. The van der Waals surface area contributed by atoms with E-state index in [0.717, 1.165) is 5.76 Å². The third-order valence-electron chi connectivity index (χ3n) is 4.42. The average molecular weight is 884 g/mol. The second kappa shape index (κ2) is 20.7. The van der Waals surface area contributed by atoms with E-state index in [9.17, 15) is 29.7 Å². The molecule has 0 unspecified atom stereocenters. The maximum absolute atomic E-state index is 10.4. The molecule has 1 aliphatic carbocycles. The van der Waals surface area contributed by atoms with E-state index < -0.39 is 17.9 Å². The molecule has 0 saturated heterocycles. The summed E-state index contributed by atoms with van der Waals surface area (Å²) in [4.78, 5) is 31.1. The van der Waals surface area contributed by atoms with Crippen molar-refractivity contribution in [2.24, 2.45) is 0 Å².